The van der Waals surface area contributed by atoms with E-state index in [4.69, 9.17) is 9.72 Å². The lowest BCUT2D eigenvalue weighted by atomic mass is 10.1. The van der Waals surface area contributed by atoms with E-state index in [1.807, 2.05) is 42.1 Å². The average Bonchev–Trinajstić information content (AvgIpc) is 3.44. The molecule has 29 heavy (non-hydrogen) atoms. The highest BCUT2D eigenvalue weighted by molar-refractivity contribution is 7.09. The molecule has 6 nitrogen and oxygen atoms in total. The van der Waals surface area contributed by atoms with Crippen LogP contribution in [0.15, 0.2) is 60.4 Å². The summed E-state index contributed by atoms with van der Waals surface area (Å²) >= 11 is 1.83. The van der Waals surface area contributed by atoms with Crippen molar-refractivity contribution in [3.05, 3.63) is 65.2 Å². The Labute approximate surface area is 174 Å². The number of benzene rings is 1. The number of piperazine rings is 1. The Balaban J connectivity index is 1.36. The van der Waals surface area contributed by atoms with Crippen LogP contribution in [0.25, 0.3) is 16.9 Å². The summed E-state index contributed by atoms with van der Waals surface area (Å²) in [6.45, 7) is 5.03. The second-order valence-electron chi connectivity index (χ2n) is 7.16. The van der Waals surface area contributed by atoms with E-state index in [9.17, 15) is 0 Å². The Morgan fingerprint density at radius 1 is 1.03 bits per heavy atom. The number of fused-ring (bicyclic) bond motifs is 1. The Morgan fingerprint density at radius 2 is 1.86 bits per heavy atom. The highest BCUT2D eigenvalue weighted by Crippen LogP contribution is 2.27. The fourth-order valence-electron chi connectivity index (χ4n) is 3.84. The van der Waals surface area contributed by atoms with Gasteiger partial charge in [0.05, 0.1) is 19.0 Å². The van der Waals surface area contributed by atoms with Gasteiger partial charge < -0.3 is 9.64 Å². The van der Waals surface area contributed by atoms with Gasteiger partial charge in [-0.3, -0.25) is 9.30 Å². The van der Waals surface area contributed by atoms with E-state index in [-0.39, 0.29) is 0 Å². The minimum absolute atomic E-state index is 0.852. The molecule has 0 radical (unpaired) electrons. The molecule has 4 aromatic rings. The first-order valence-corrected chi connectivity index (χ1v) is 10.7. The maximum absolute atomic E-state index is 5.27. The zero-order valence-electron chi connectivity index (χ0n) is 16.4. The van der Waals surface area contributed by atoms with Crippen molar-refractivity contribution in [3.63, 3.8) is 0 Å². The van der Waals surface area contributed by atoms with E-state index >= 15 is 0 Å². The summed E-state index contributed by atoms with van der Waals surface area (Å²) in [6, 6.07) is 12.4. The largest absolute Gasteiger partial charge is 0.497 e. The third-order valence-corrected chi connectivity index (χ3v) is 6.29. The molecule has 5 rings (SSSR count). The maximum atomic E-state index is 5.27. The third kappa shape index (κ3) is 3.59. The monoisotopic (exact) mass is 405 g/mol. The Kier molecular flexibility index (Phi) is 4.91. The van der Waals surface area contributed by atoms with Gasteiger partial charge in [-0.15, -0.1) is 11.3 Å². The van der Waals surface area contributed by atoms with Crippen LogP contribution in [-0.2, 0) is 6.54 Å². The molecule has 148 valence electrons. The Hall–Kier alpha value is -2.90. The second-order valence-corrected chi connectivity index (χ2v) is 8.19. The van der Waals surface area contributed by atoms with E-state index in [1.165, 1.54) is 4.88 Å². The highest BCUT2D eigenvalue weighted by Gasteiger charge is 2.21. The van der Waals surface area contributed by atoms with Crippen molar-refractivity contribution in [2.24, 2.45) is 0 Å². The number of thiophene rings is 1. The van der Waals surface area contributed by atoms with Crippen LogP contribution in [0, 0.1) is 0 Å². The molecule has 1 saturated heterocycles. The molecular formula is C22H23N5OS. The lowest BCUT2D eigenvalue weighted by Gasteiger charge is -2.35. The van der Waals surface area contributed by atoms with Crippen molar-refractivity contribution in [2.75, 3.05) is 38.2 Å². The third-order valence-electron chi connectivity index (χ3n) is 5.43. The molecule has 7 heteroatoms. The van der Waals surface area contributed by atoms with E-state index < -0.39 is 0 Å². The normalized spacial score (nSPS) is 15.1. The van der Waals surface area contributed by atoms with Gasteiger partial charge in [-0.05, 0) is 35.7 Å². The van der Waals surface area contributed by atoms with Crippen LogP contribution in [0.3, 0.4) is 0 Å². The molecule has 4 heterocycles. The number of anilines is 1. The summed E-state index contributed by atoms with van der Waals surface area (Å²) in [7, 11) is 1.68. The predicted octanol–water partition coefficient (Wildman–Crippen LogP) is 3.79. The molecule has 0 atom stereocenters. The molecule has 1 aliphatic rings. The summed E-state index contributed by atoms with van der Waals surface area (Å²) < 4.78 is 7.40. The van der Waals surface area contributed by atoms with E-state index in [0.717, 1.165) is 61.2 Å². The summed E-state index contributed by atoms with van der Waals surface area (Å²) in [5, 5.41) is 2.15. The van der Waals surface area contributed by atoms with E-state index in [1.54, 1.807) is 7.11 Å². The number of methoxy groups -OCH3 is 1. The van der Waals surface area contributed by atoms with Gasteiger partial charge in [-0.2, -0.15) is 0 Å². The van der Waals surface area contributed by atoms with Crippen LogP contribution in [0.1, 0.15) is 4.88 Å². The van der Waals surface area contributed by atoms with Gasteiger partial charge in [0.1, 0.15) is 5.75 Å². The number of nitrogens with zero attached hydrogens (tertiary/aromatic N) is 5. The fourth-order valence-corrected chi connectivity index (χ4v) is 4.59. The van der Waals surface area contributed by atoms with Gasteiger partial charge >= 0.3 is 0 Å². The SMILES string of the molecule is COc1ccc(-c2cnc3c(N4CCN(Cc5cccs5)CC4)nccn23)cc1. The van der Waals surface area contributed by atoms with Crippen LogP contribution in [0.4, 0.5) is 5.82 Å². The topological polar surface area (TPSA) is 45.9 Å². The predicted molar refractivity (Wildman–Crippen MR) is 117 cm³/mol. The lowest BCUT2D eigenvalue weighted by molar-refractivity contribution is 0.251. The van der Waals surface area contributed by atoms with Gasteiger partial charge in [-0.25, -0.2) is 9.97 Å². The van der Waals surface area contributed by atoms with Crippen LogP contribution < -0.4 is 9.64 Å². The van der Waals surface area contributed by atoms with Crippen molar-refractivity contribution < 1.29 is 4.74 Å². The van der Waals surface area contributed by atoms with Crippen molar-refractivity contribution in [3.8, 4) is 17.0 Å². The average molecular weight is 406 g/mol. The van der Waals surface area contributed by atoms with Gasteiger partial charge in [-0.1, -0.05) is 6.07 Å². The highest BCUT2D eigenvalue weighted by atomic mass is 32.1. The van der Waals surface area contributed by atoms with Gasteiger partial charge in [0, 0.05) is 55.6 Å². The van der Waals surface area contributed by atoms with Crippen LogP contribution in [0.5, 0.6) is 5.75 Å². The van der Waals surface area contributed by atoms with Crippen LogP contribution >= 0.6 is 11.3 Å². The zero-order chi connectivity index (χ0) is 19.6. The molecule has 0 saturated carbocycles. The number of aromatic nitrogens is 3. The van der Waals surface area contributed by atoms with Gasteiger partial charge in [0.15, 0.2) is 11.5 Å². The summed E-state index contributed by atoms with van der Waals surface area (Å²) in [4.78, 5) is 15.7. The van der Waals surface area contributed by atoms with Crippen molar-refractivity contribution >= 4 is 22.8 Å². The minimum Gasteiger partial charge on any atom is -0.497 e. The van der Waals surface area contributed by atoms with Crippen molar-refractivity contribution in [2.45, 2.75) is 6.54 Å². The standard InChI is InChI=1S/C22H23N5OS/c1-28-18-6-4-17(5-7-18)20-15-24-22-21(23-8-9-27(20)22)26-12-10-25(11-13-26)16-19-3-2-14-29-19/h2-9,14-15H,10-13,16H2,1H3. The first kappa shape index (κ1) is 18.1. The van der Waals surface area contributed by atoms with Crippen LogP contribution in [0.2, 0.25) is 0 Å². The first-order valence-electron chi connectivity index (χ1n) is 9.78. The summed E-state index contributed by atoms with van der Waals surface area (Å²) in [5.74, 6) is 1.81. The zero-order valence-corrected chi connectivity index (χ0v) is 17.2. The quantitative estimate of drug-likeness (QED) is 0.506. The summed E-state index contributed by atoms with van der Waals surface area (Å²) in [6.07, 6.45) is 5.78. The molecule has 0 aliphatic carbocycles. The molecule has 3 aromatic heterocycles. The smallest absolute Gasteiger partial charge is 0.180 e. The molecular weight excluding hydrogens is 382 g/mol. The molecule has 1 aliphatic heterocycles. The van der Waals surface area contributed by atoms with Crippen molar-refractivity contribution in [1.29, 1.82) is 0 Å². The molecule has 0 spiro atoms. The Bertz CT molecular complexity index is 1080. The number of ether oxygens (including phenoxy) is 1. The second kappa shape index (κ2) is 7.85. The molecule has 0 N–H and O–H groups in total. The number of hydrogen-bond acceptors (Lipinski definition) is 6. The first-order chi connectivity index (χ1) is 14.3. The summed E-state index contributed by atoms with van der Waals surface area (Å²) in [5.41, 5.74) is 3.07. The van der Waals surface area contributed by atoms with E-state index in [2.05, 4.69) is 48.8 Å². The van der Waals surface area contributed by atoms with Crippen molar-refractivity contribution in [1.82, 2.24) is 19.3 Å². The lowest BCUT2D eigenvalue weighted by Crippen LogP contribution is -2.46. The van der Waals surface area contributed by atoms with Gasteiger partial charge in [0.2, 0.25) is 0 Å². The molecule has 1 fully saturated rings. The maximum Gasteiger partial charge on any atom is 0.180 e. The van der Waals surface area contributed by atoms with Crippen LogP contribution in [-0.4, -0.2) is 52.6 Å². The fraction of sp³-hybridized carbons (Fsp3) is 0.273. The molecule has 0 bridgehead atoms. The number of rotatable bonds is 5. The molecule has 0 unspecified atom stereocenters. The molecule has 1 aromatic carbocycles. The minimum atomic E-state index is 0.852. The van der Waals surface area contributed by atoms with E-state index in [0.29, 0.717) is 0 Å². The molecule has 0 amide bonds. The number of hydrogen-bond donors (Lipinski definition) is 0. The Morgan fingerprint density at radius 3 is 2.59 bits per heavy atom. The number of imidazole rings is 1. The van der Waals surface area contributed by atoms with Gasteiger partial charge in [0.25, 0.3) is 0 Å².